The van der Waals surface area contributed by atoms with Gasteiger partial charge in [0.25, 0.3) is 0 Å². The SMILES string of the molecule is C=CC1=CCC(CC)(C(=O)OCC)C1.O=C=O. The first-order valence-corrected chi connectivity index (χ1v) is 5.58. The van der Waals surface area contributed by atoms with E-state index >= 15 is 0 Å². The molecule has 0 bridgehead atoms. The lowest BCUT2D eigenvalue weighted by Crippen LogP contribution is -2.30. The highest BCUT2D eigenvalue weighted by Crippen LogP contribution is 2.41. The van der Waals surface area contributed by atoms with E-state index in [4.69, 9.17) is 14.3 Å². The van der Waals surface area contributed by atoms with Gasteiger partial charge in [0.15, 0.2) is 0 Å². The number of hydrogen-bond acceptors (Lipinski definition) is 4. The maximum absolute atomic E-state index is 11.8. The number of hydrogen-bond donors (Lipinski definition) is 0. The standard InChI is InChI=1S/C12H18O2.CO2/c1-4-10-7-8-12(5-2,9-10)11(13)14-6-3;2-1-3/h4,7H,1,5-6,8-9H2,2-3H3;. The predicted molar refractivity (Wildman–Crippen MR) is 61.9 cm³/mol. The van der Waals surface area contributed by atoms with Crippen LogP contribution < -0.4 is 0 Å². The molecule has 0 aliphatic heterocycles. The van der Waals surface area contributed by atoms with Crippen LogP contribution in [0.4, 0.5) is 0 Å². The molecule has 94 valence electrons. The summed E-state index contributed by atoms with van der Waals surface area (Å²) in [6.07, 6.45) is 6.58. The van der Waals surface area contributed by atoms with E-state index in [0.717, 1.165) is 19.3 Å². The zero-order valence-electron chi connectivity index (χ0n) is 10.3. The molecule has 1 unspecified atom stereocenters. The van der Waals surface area contributed by atoms with Crippen LogP contribution >= 0.6 is 0 Å². The van der Waals surface area contributed by atoms with E-state index in [9.17, 15) is 4.79 Å². The minimum atomic E-state index is -0.306. The summed E-state index contributed by atoms with van der Waals surface area (Å²) in [4.78, 5) is 28.0. The summed E-state index contributed by atoms with van der Waals surface area (Å²) in [7, 11) is 0. The minimum Gasteiger partial charge on any atom is -0.466 e. The summed E-state index contributed by atoms with van der Waals surface area (Å²) in [5.74, 6) is -0.0596. The smallest absolute Gasteiger partial charge is 0.373 e. The maximum Gasteiger partial charge on any atom is 0.373 e. The van der Waals surface area contributed by atoms with Gasteiger partial charge < -0.3 is 4.74 Å². The molecule has 0 amide bonds. The van der Waals surface area contributed by atoms with Crippen LogP contribution in [0.5, 0.6) is 0 Å². The average Bonchev–Trinajstić information content (AvgIpc) is 2.75. The molecule has 0 saturated carbocycles. The summed E-state index contributed by atoms with van der Waals surface area (Å²) in [6.45, 7) is 8.07. The van der Waals surface area contributed by atoms with Gasteiger partial charge in [-0.2, -0.15) is 9.59 Å². The molecule has 0 N–H and O–H groups in total. The molecule has 0 heterocycles. The van der Waals surface area contributed by atoms with Crippen LogP contribution in [0.3, 0.4) is 0 Å². The molecule has 17 heavy (non-hydrogen) atoms. The molecular formula is C13H18O4. The Kier molecular flexibility index (Phi) is 6.83. The van der Waals surface area contributed by atoms with Crippen LogP contribution in [0.15, 0.2) is 24.3 Å². The Morgan fingerprint density at radius 1 is 1.59 bits per heavy atom. The lowest BCUT2D eigenvalue weighted by molar-refractivity contribution is -0.191. The van der Waals surface area contributed by atoms with E-state index in [-0.39, 0.29) is 17.5 Å². The Bertz CT molecular complexity index is 337. The highest BCUT2D eigenvalue weighted by atomic mass is 16.5. The van der Waals surface area contributed by atoms with Crippen LogP contribution in [-0.4, -0.2) is 18.7 Å². The number of carbonyl (C=O) groups excluding carboxylic acids is 3. The van der Waals surface area contributed by atoms with Crippen LogP contribution in [0.1, 0.15) is 33.1 Å². The first kappa shape index (κ1) is 15.3. The van der Waals surface area contributed by atoms with Gasteiger partial charge in [-0.25, -0.2) is 0 Å². The van der Waals surface area contributed by atoms with Crippen molar-refractivity contribution in [2.75, 3.05) is 6.61 Å². The number of esters is 1. The van der Waals surface area contributed by atoms with Crippen molar-refractivity contribution in [3.05, 3.63) is 24.3 Å². The van der Waals surface area contributed by atoms with Crippen molar-refractivity contribution in [2.45, 2.75) is 33.1 Å². The van der Waals surface area contributed by atoms with E-state index in [1.807, 2.05) is 19.9 Å². The van der Waals surface area contributed by atoms with Gasteiger partial charge in [0, 0.05) is 0 Å². The molecule has 1 atom stereocenters. The van der Waals surface area contributed by atoms with Crippen molar-refractivity contribution >= 4 is 12.1 Å². The summed E-state index contributed by atoms with van der Waals surface area (Å²) < 4.78 is 5.11. The molecule has 0 saturated heterocycles. The molecule has 0 aromatic rings. The molecule has 0 fully saturated rings. The van der Waals surface area contributed by atoms with E-state index in [2.05, 4.69) is 12.7 Å². The van der Waals surface area contributed by atoms with E-state index in [0.29, 0.717) is 6.61 Å². The van der Waals surface area contributed by atoms with Gasteiger partial charge in [0.05, 0.1) is 12.0 Å². The second-order valence-corrected chi connectivity index (χ2v) is 3.80. The molecule has 1 aliphatic carbocycles. The molecule has 4 heteroatoms. The third-order valence-corrected chi connectivity index (χ3v) is 2.94. The molecule has 0 radical (unpaired) electrons. The van der Waals surface area contributed by atoms with Gasteiger partial charge in [-0.05, 0) is 26.2 Å². The van der Waals surface area contributed by atoms with Crippen LogP contribution in [-0.2, 0) is 19.1 Å². The number of ether oxygens (including phenoxy) is 1. The quantitative estimate of drug-likeness (QED) is 0.705. The lowest BCUT2D eigenvalue weighted by Gasteiger charge is -2.25. The molecule has 0 aromatic carbocycles. The summed E-state index contributed by atoms with van der Waals surface area (Å²) in [5, 5.41) is 0. The van der Waals surface area contributed by atoms with Gasteiger partial charge in [-0.3, -0.25) is 4.79 Å². The topological polar surface area (TPSA) is 60.4 Å². The summed E-state index contributed by atoms with van der Waals surface area (Å²) >= 11 is 0. The van der Waals surface area contributed by atoms with Crippen molar-refractivity contribution in [2.24, 2.45) is 5.41 Å². The largest absolute Gasteiger partial charge is 0.466 e. The Labute approximate surface area is 101 Å². The van der Waals surface area contributed by atoms with E-state index in [1.54, 1.807) is 0 Å². The molecular weight excluding hydrogens is 220 g/mol. The second-order valence-electron chi connectivity index (χ2n) is 3.80. The van der Waals surface area contributed by atoms with E-state index in [1.165, 1.54) is 5.57 Å². The van der Waals surface area contributed by atoms with Gasteiger partial charge in [-0.1, -0.05) is 31.2 Å². The Morgan fingerprint density at radius 2 is 2.18 bits per heavy atom. The zero-order valence-corrected chi connectivity index (χ0v) is 10.3. The van der Waals surface area contributed by atoms with Crippen molar-refractivity contribution < 1.29 is 19.1 Å². The molecule has 1 rings (SSSR count). The average molecular weight is 238 g/mol. The number of carbonyl (C=O) groups is 1. The van der Waals surface area contributed by atoms with Gasteiger partial charge in [-0.15, -0.1) is 0 Å². The van der Waals surface area contributed by atoms with Gasteiger partial charge in [0.2, 0.25) is 0 Å². The third-order valence-electron chi connectivity index (χ3n) is 2.94. The zero-order chi connectivity index (χ0) is 13.3. The molecule has 0 spiro atoms. The third kappa shape index (κ3) is 4.00. The highest BCUT2D eigenvalue weighted by molar-refractivity contribution is 5.78. The van der Waals surface area contributed by atoms with Gasteiger partial charge >= 0.3 is 12.1 Å². The van der Waals surface area contributed by atoms with Crippen LogP contribution in [0.2, 0.25) is 0 Å². The summed E-state index contributed by atoms with van der Waals surface area (Å²) in [5.41, 5.74) is 0.861. The van der Waals surface area contributed by atoms with Crippen LogP contribution in [0, 0.1) is 5.41 Å². The Hall–Kier alpha value is -1.67. The van der Waals surface area contributed by atoms with Crippen molar-refractivity contribution in [3.8, 4) is 0 Å². The fraction of sp³-hybridized carbons (Fsp3) is 0.538. The number of allylic oxidation sites excluding steroid dienone is 3. The first-order chi connectivity index (χ1) is 8.10. The van der Waals surface area contributed by atoms with Crippen LogP contribution in [0.25, 0.3) is 0 Å². The predicted octanol–water partition coefficient (Wildman–Crippen LogP) is 2.27. The number of rotatable bonds is 4. The molecule has 4 nitrogen and oxygen atoms in total. The molecule has 1 aliphatic rings. The highest BCUT2D eigenvalue weighted by Gasteiger charge is 2.40. The van der Waals surface area contributed by atoms with Gasteiger partial charge in [0.1, 0.15) is 0 Å². The maximum atomic E-state index is 11.8. The summed E-state index contributed by atoms with van der Waals surface area (Å²) in [6, 6.07) is 0. The lowest BCUT2D eigenvalue weighted by atomic mass is 9.82. The molecule has 0 aromatic heterocycles. The first-order valence-electron chi connectivity index (χ1n) is 5.58. The second kappa shape index (κ2) is 7.58. The fourth-order valence-electron chi connectivity index (χ4n) is 1.87. The van der Waals surface area contributed by atoms with E-state index < -0.39 is 0 Å². The van der Waals surface area contributed by atoms with Crippen molar-refractivity contribution in [1.82, 2.24) is 0 Å². The minimum absolute atomic E-state index is 0.0596. The fourth-order valence-corrected chi connectivity index (χ4v) is 1.87. The Balaban J connectivity index is 0.000000770. The monoisotopic (exact) mass is 238 g/mol. The van der Waals surface area contributed by atoms with Crippen molar-refractivity contribution in [1.29, 1.82) is 0 Å². The normalized spacial score (nSPS) is 21.6. The van der Waals surface area contributed by atoms with Crippen molar-refractivity contribution in [3.63, 3.8) is 0 Å². The Morgan fingerprint density at radius 3 is 2.53 bits per heavy atom.